The third kappa shape index (κ3) is 2.83. The second kappa shape index (κ2) is 4.85. The predicted octanol–water partition coefficient (Wildman–Crippen LogP) is 3.26. The van der Waals surface area contributed by atoms with Gasteiger partial charge in [-0.1, -0.05) is 11.6 Å². The van der Waals surface area contributed by atoms with Gasteiger partial charge in [-0.25, -0.2) is 0 Å². The average molecular weight is 317 g/mol. The van der Waals surface area contributed by atoms with Crippen molar-refractivity contribution in [2.24, 2.45) is 0 Å². The third-order valence-electron chi connectivity index (χ3n) is 2.18. The van der Waals surface area contributed by atoms with Crippen molar-refractivity contribution in [3.63, 3.8) is 0 Å². The van der Waals surface area contributed by atoms with E-state index in [1.54, 1.807) is 29.2 Å². The molecular formula is C10H7BrClN3O2. The van der Waals surface area contributed by atoms with Crippen LogP contribution in [0, 0.1) is 10.1 Å². The minimum absolute atomic E-state index is 0.00382. The minimum atomic E-state index is -0.445. The highest BCUT2D eigenvalue weighted by Gasteiger charge is 2.14. The molecule has 2 rings (SSSR count). The van der Waals surface area contributed by atoms with Crippen LogP contribution in [0.3, 0.4) is 0 Å². The van der Waals surface area contributed by atoms with Gasteiger partial charge in [-0.2, -0.15) is 5.10 Å². The van der Waals surface area contributed by atoms with Crippen molar-refractivity contribution >= 4 is 33.2 Å². The largest absolute Gasteiger partial charge is 0.275 e. The molecule has 1 heterocycles. The molecule has 1 aromatic heterocycles. The smallest absolute Gasteiger partial charge is 0.267 e. The lowest BCUT2D eigenvalue weighted by molar-refractivity contribution is -0.385. The first-order valence-corrected chi connectivity index (χ1v) is 5.84. The first kappa shape index (κ1) is 12.1. The second-order valence-electron chi connectivity index (χ2n) is 3.39. The highest BCUT2D eigenvalue weighted by Crippen LogP contribution is 2.24. The summed E-state index contributed by atoms with van der Waals surface area (Å²) in [7, 11) is 0. The lowest BCUT2D eigenvalue weighted by Crippen LogP contribution is -2.03. The van der Waals surface area contributed by atoms with E-state index in [1.165, 1.54) is 6.07 Å². The Kier molecular flexibility index (Phi) is 3.44. The molecule has 0 aliphatic heterocycles. The van der Waals surface area contributed by atoms with Crippen LogP contribution in [0.5, 0.6) is 0 Å². The van der Waals surface area contributed by atoms with Gasteiger partial charge in [0.15, 0.2) is 0 Å². The fraction of sp³-hybridized carbons (Fsp3) is 0.100. The molecule has 0 aliphatic carbocycles. The molecule has 17 heavy (non-hydrogen) atoms. The number of halogens is 2. The Morgan fingerprint density at radius 1 is 1.53 bits per heavy atom. The van der Waals surface area contributed by atoms with Crippen LogP contribution in [-0.2, 0) is 6.54 Å². The molecule has 0 spiro atoms. The van der Waals surface area contributed by atoms with Crippen molar-refractivity contribution in [3.05, 3.63) is 55.8 Å². The lowest BCUT2D eigenvalue weighted by atomic mass is 10.2. The fourth-order valence-electron chi connectivity index (χ4n) is 1.44. The number of rotatable bonds is 3. The molecule has 1 aromatic carbocycles. The second-order valence-corrected chi connectivity index (χ2v) is 4.74. The van der Waals surface area contributed by atoms with Crippen LogP contribution in [0.15, 0.2) is 35.1 Å². The summed E-state index contributed by atoms with van der Waals surface area (Å²) >= 11 is 9.00. The van der Waals surface area contributed by atoms with Gasteiger partial charge in [0.1, 0.15) is 0 Å². The number of hydrogen-bond acceptors (Lipinski definition) is 3. The van der Waals surface area contributed by atoms with E-state index in [1.807, 2.05) is 0 Å². The highest BCUT2D eigenvalue weighted by atomic mass is 79.9. The maximum absolute atomic E-state index is 10.9. The van der Waals surface area contributed by atoms with Gasteiger partial charge in [-0.15, -0.1) is 0 Å². The van der Waals surface area contributed by atoms with Crippen molar-refractivity contribution in [1.82, 2.24) is 9.78 Å². The lowest BCUT2D eigenvalue weighted by Gasteiger charge is -2.03. The Morgan fingerprint density at radius 2 is 2.29 bits per heavy atom. The van der Waals surface area contributed by atoms with Crippen molar-refractivity contribution in [2.45, 2.75) is 6.54 Å². The van der Waals surface area contributed by atoms with Crippen LogP contribution in [-0.4, -0.2) is 14.7 Å². The summed E-state index contributed by atoms with van der Waals surface area (Å²) in [6.07, 6.45) is 3.38. The molecule has 0 fully saturated rings. The molecule has 0 radical (unpaired) electrons. The Labute approximate surface area is 110 Å². The Balaban J connectivity index is 2.35. The molecule has 0 bridgehead atoms. The number of nitrogens with zero attached hydrogens (tertiary/aromatic N) is 3. The van der Waals surface area contributed by atoms with Gasteiger partial charge in [0.2, 0.25) is 0 Å². The summed E-state index contributed by atoms with van der Waals surface area (Å²) in [5, 5.41) is 15.3. The van der Waals surface area contributed by atoms with E-state index in [4.69, 9.17) is 11.6 Å². The summed E-state index contributed by atoms with van der Waals surface area (Å²) in [5.74, 6) is 0. The molecule has 0 unspecified atom stereocenters. The van der Waals surface area contributed by atoms with E-state index in [-0.39, 0.29) is 5.69 Å². The van der Waals surface area contributed by atoms with Crippen LogP contribution in [0.2, 0.25) is 5.02 Å². The van der Waals surface area contributed by atoms with Crippen molar-refractivity contribution in [3.8, 4) is 0 Å². The summed E-state index contributed by atoms with van der Waals surface area (Å²) in [4.78, 5) is 10.4. The molecule has 0 saturated heterocycles. The van der Waals surface area contributed by atoms with Gasteiger partial charge in [-0.05, 0) is 28.1 Å². The maximum atomic E-state index is 10.9. The summed E-state index contributed by atoms with van der Waals surface area (Å²) in [6, 6.07) is 4.61. The van der Waals surface area contributed by atoms with E-state index in [9.17, 15) is 10.1 Å². The molecular weight excluding hydrogens is 309 g/mol. The quantitative estimate of drug-likeness (QED) is 0.645. The predicted molar refractivity (Wildman–Crippen MR) is 67.1 cm³/mol. The van der Waals surface area contributed by atoms with E-state index < -0.39 is 4.92 Å². The highest BCUT2D eigenvalue weighted by molar-refractivity contribution is 9.10. The van der Waals surface area contributed by atoms with E-state index in [0.717, 1.165) is 4.47 Å². The van der Waals surface area contributed by atoms with Crippen LogP contribution in [0.1, 0.15) is 5.56 Å². The molecule has 5 nitrogen and oxygen atoms in total. The van der Waals surface area contributed by atoms with Crippen LogP contribution in [0.4, 0.5) is 5.69 Å². The Morgan fingerprint density at radius 3 is 2.88 bits per heavy atom. The van der Waals surface area contributed by atoms with Crippen molar-refractivity contribution in [1.29, 1.82) is 0 Å². The van der Waals surface area contributed by atoms with Crippen molar-refractivity contribution < 1.29 is 4.92 Å². The van der Waals surface area contributed by atoms with Gasteiger partial charge in [0, 0.05) is 17.3 Å². The summed E-state index contributed by atoms with van der Waals surface area (Å²) in [5.41, 5.74) is 0.569. The van der Waals surface area contributed by atoms with Gasteiger partial charge in [-0.3, -0.25) is 14.8 Å². The molecule has 0 atom stereocenters. The molecule has 0 saturated carbocycles. The zero-order chi connectivity index (χ0) is 12.4. The standard InChI is InChI=1S/C10H7BrClN3O2/c11-8-4-13-14(6-8)5-7-1-2-9(12)3-10(7)15(16)17/h1-4,6H,5H2. The first-order chi connectivity index (χ1) is 8.06. The van der Waals surface area contributed by atoms with Gasteiger partial charge >= 0.3 is 0 Å². The van der Waals surface area contributed by atoms with Gasteiger partial charge in [0.05, 0.1) is 27.7 Å². The van der Waals surface area contributed by atoms with Crippen molar-refractivity contribution in [2.75, 3.05) is 0 Å². The van der Waals surface area contributed by atoms with E-state index >= 15 is 0 Å². The molecule has 2 aromatic rings. The first-order valence-electron chi connectivity index (χ1n) is 4.67. The third-order valence-corrected chi connectivity index (χ3v) is 2.82. The maximum Gasteiger partial charge on any atom is 0.275 e. The van der Waals surface area contributed by atoms with Crippen LogP contribution < -0.4 is 0 Å². The van der Waals surface area contributed by atoms with Crippen LogP contribution >= 0.6 is 27.5 Å². The molecule has 0 aliphatic rings. The van der Waals surface area contributed by atoms with Gasteiger partial charge < -0.3 is 0 Å². The monoisotopic (exact) mass is 315 g/mol. The summed E-state index contributed by atoms with van der Waals surface area (Å²) < 4.78 is 2.44. The minimum Gasteiger partial charge on any atom is -0.267 e. The topological polar surface area (TPSA) is 61.0 Å². The SMILES string of the molecule is O=[N+]([O-])c1cc(Cl)ccc1Cn1cc(Br)cn1. The number of aromatic nitrogens is 2. The number of hydrogen-bond donors (Lipinski definition) is 0. The molecule has 0 amide bonds. The number of nitro benzene ring substituents is 1. The number of nitro groups is 1. The molecule has 0 N–H and O–H groups in total. The van der Waals surface area contributed by atoms with E-state index in [0.29, 0.717) is 17.1 Å². The Hall–Kier alpha value is -1.40. The zero-order valence-electron chi connectivity index (χ0n) is 8.51. The average Bonchev–Trinajstić information content (AvgIpc) is 2.66. The molecule has 88 valence electrons. The van der Waals surface area contributed by atoms with Gasteiger partial charge in [0.25, 0.3) is 5.69 Å². The summed E-state index contributed by atoms with van der Waals surface area (Å²) in [6.45, 7) is 0.332. The normalized spacial score (nSPS) is 10.5. The Bertz CT molecular complexity index is 570. The van der Waals surface area contributed by atoms with Crippen LogP contribution in [0.25, 0.3) is 0 Å². The fourth-order valence-corrected chi connectivity index (χ4v) is 1.93. The van der Waals surface area contributed by atoms with E-state index in [2.05, 4.69) is 21.0 Å². The number of benzene rings is 1. The molecule has 7 heteroatoms. The zero-order valence-corrected chi connectivity index (χ0v) is 10.8.